The van der Waals surface area contributed by atoms with Gasteiger partial charge >= 0.3 is 0 Å². The number of ether oxygens (including phenoxy) is 1. The minimum atomic E-state index is -0.119. The minimum absolute atomic E-state index is 0.119. The molecule has 150 valence electrons. The van der Waals surface area contributed by atoms with E-state index in [2.05, 4.69) is 11.1 Å². The van der Waals surface area contributed by atoms with Crippen molar-refractivity contribution in [2.75, 3.05) is 18.1 Å². The lowest BCUT2D eigenvalue weighted by molar-refractivity contribution is 0.0991. The largest absolute Gasteiger partial charge is 0.494 e. The Hall–Kier alpha value is -3.21. The van der Waals surface area contributed by atoms with E-state index in [0.29, 0.717) is 18.0 Å². The van der Waals surface area contributed by atoms with Crippen molar-refractivity contribution in [1.29, 1.82) is 5.26 Å². The number of anilines is 1. The summed E-state index contributed by atoms with van der Waals surface area (Å²) < 4.78 is 6.61. The molecule has 0 saturated heterocycles. The number of nitriles is 1. The molecule has 0 aliphatic heterocycles. The van der Waals surface area contributed by atoms with Gasteiger partial charge in [0.1, 0.15) is 10.8 Å². The third-order valence-electron chi connectivity index (χ3n) is 4.47. The predicted molar refractivity (Wildman–Crippen MR) is 122 cm³/mol. The molecule has 0 spiro atoms. The lowest BCUT2D eigenvalue weighted by atomic mass is 10.2. The molecule has 0 aliphatic rings. The van der Waals surface area contributed by atoms with E-state index in [1.807, 2.05) is 67.6 Å². The van der Waals surface area contributed by atoms with Crippen LogP contribution in [0.15, 0.2) is 60.7 Å². The normalized spacial score (nSPS) is 10.7. The van der Waals surface area contributed by atoms with Crippen LogP contribution in [0.5, 0.6) is 5.75 Å². The van der Waals surface area contributed by atoms with Gasteiger partial charge in [-0.15, -0.1) is 22.7 Å². The standard InChI is InChI=1S/C23H19N3O2S2/c1-2-28-17-10-8-16(9-11-17)26(15-5-14-24)23(27)21-13-12-20(29-21)22-25-18-6-3-4-7-19(18)30-22/h3-4,6-13H,2,5,15H2,1H3. The Morgan fingerprint density at radius 2 is 1.90 bits per heavy atom. The molecular weight excluding hydrogens is 414 g/mol. The molecule has 0 saturated carbocycles. The number of hydrogen-bond acceptors (Lipinski definition) is 6. The Balaban J connectivity index is 1.60. The molecule has 0 aliphatic carbocycles. The van der Waals surface area contributed by atoms with Crippen LogP contribution in [0.1, 0.15) is 23.0 Å². The van der Waals surface area contributed by atoms with Gasteiger partial charge in [0.2, 0.25) is 0 Å². The Morgan fingerprint density at radius 3 is 2.63 bits per heavy atom. The van der Waals surface area contributed by atoms with Crippen LogP contribution in [0.3, 0.4) is 0 Å². The average molecular weight is 434 g/mol. The number of nitrogens with zero attached hydrogens (tertiary/aromatic N) is 3. The van der Waals surface area contributed by atoms with Crippen molar-refractivity contribution < 1.29 is 9.53 Å². The van der Waals surface area contributed by atoms with Crippen molar-refractivity contribution in [3.05, 3.63) is 65.5 Å². The first-order chi connectivity index (χ1) is 14.7. The second-order valence-electron chi connectivity index (χ2n) is 6.44. The molecule has 0 N–H and O–H groups in total. The van der Waals surface area contributed by atoms with Gasteiger partial charge in [0.05, 0.1) is 39.1 Å². The predicted octanol–water partition coefficient (Wildman–Crippen LogP) is 5.98. The second kappa shape index (κ2) is 9.08. The first-order valence-electron chi connectivity index (χ1n) is 9.57. The molecule has 0 atom stereocenters. The molecule has 0 bridgehead atoms. The lowest BCUT2D eigenvalue weighted by Gasteiger charge is -2.21. The van der Waals surface area contributed by atoms with Gasteiger partial charge in [0, 0.05) is 12.2 Å². The summed E-state index contributed by atoms with van der Waals surface area (Å²) in [6.07, 6.45) is 0.259. The zero-order valence-electron chi connectivity index (χ0n) is 16.4. The van der Waals surface area contributed by atoms with E-state index in [9.17, 15) is 4.79 Å². The van der Waals surface area contributed by atoms with Crippen molar-refractivity contribution in [2.45, 2.75) is 13.3 Å². The van der Waals surface area contributed by atoms with Crippen LogP contribution in [0.4, 0.5) is 5.69 Å². The number of aromatic nitrogens is 1. The highest BCUT2D eigenvalue weighted by atomic mass is 32.1. The molecule has 0 unspecified atom stereocenters. The van der Waals surface area contributed by atoms with Crippen LogP contribution in [0, 0.1) is 11.3 Å². The van der Waals surface area contributed by atoms with Gasteiger partial charge in [-0.1, -0.05) is 12.1 Å². The van der Waals surface area contributed by atoms with E-state index in [-0.39, 0.29) is 12.3 Å². The molecule has 2 heterocycles. The van der Waals surface area contributed by atoms with Crippen LogP contribution < -0.4 is 9.64 Å². The third kappa shape index (κ3) is 4.20. The summed E-state index contributed by atoms with van der Waals surface area (Å²) in [5.74, 6) is 0.634. The number of fused-ring (bicyclic) bond motifs is 1. The first-order valence-corrected chi connectivity index (χ1v) is 11.2. The number of carbonyl (C=O) groups excluding carboxylic acids is 1. The summed E-state index contributed by atoms with van der Waals surface area (Å²) in [6, 6.07) is 21.3. The first kappa shape index (κ1) is 20.1. The number of carbonyl (C=O) groups is 1. The maximum Gasteiger partial charge on any atom is 0.268 e. The van der Waals surface area contributed by atoms with E-state index in [1.165, 1.54) is 11.3 Å². The summed E-state index contributed by atoms with van der Waals surface area (Å²) in [7, 11) is 0. The third-order valence-corrected chi connectivity index (χ3v) is 6.75. The highest BCUT2D eigenvalue weighted by Gasteiger charge is 2.20. The highest BCUT2D eigenvalue weighted by Crippen LogP contribution is 2.35. The summed E-state index contributed by atoms with van der Waals surface area (Å²) in [6.45, 7) is 2.84. The number of para-hydroxylation sites is 1. The number of amides is 1. The highest BCUT2D eigenvalue weighted by molar-refractivity contribution is 7.26. The Labute approximate surface area is 182 Å². The number of thiophene rings is 1. The van der Waals surface area contributed by atoms with Gasteiger partial charge < -0.3 is 9.64 Å². The fourth-order valence-electron chi connectivity index (χ4n) is 3.08. The minimum Gasteiger partial charge on any atom is -0.494 e. The van der Waals surface area contributed by atoms with Gasteiger partial charge in [-0.25, -0.2) is 4.98 Å². The number of hydrogen-bond donors (Lipinski definition) is 0. The van der Waals surface area contributed by atoms with Crippen LogP contribution >= 0.6 is 22.7 Å². The van der Waals surface area contributed by atoms with Crippen molar-refractivity contribution >= 4 is 44.5 Å². The zero-order valence-corrected chi connectivity index (χ0v) is 18.0. The Bertz CT molecular complexity index is 1170. The number of benzene rings is 2. The molecule has 5 nitrogen and oxygen atoms in total. The number of rotatable bonds is 7. The van der Waals surface area contributed by atoms with Crippen molar-refractivity contribution in [1.82, 2.24) is 4.98 Å². The SMILES string of the molecule is CCOc1ccc(N(CCC#N)C(=O)c2ccc(-c3nc4ccccc4s3)s2)cc1. The monoisotopic (exact) mass is 433 g/mol. The summed E-state index contributed by atoms with van der Waals surface area (Å²) in [4.78, 5) is 21.2. The number of thiazole rings is 1. The van der Waals surface area contributed by atoms with E-state index in [1.54, 1.807) is 16.2 Å². The molecule has 2 aromatic heterocycles. The van der Waals surface area contributed by atoms with E-state index < -0.39 is 0 Å². The van der Waals surface area contributed by atoms with Crippen molar-refractivity contribution in [3.63, 3.8) is 0 Å². The Morgan fingerprint density at radius 1 is 1.10 bits per heavy atom. The second-order valence-corrected chi connectivity index (χ2v) is 8.56. The fraction of sp³-hybridized carbons (Fsp3) is 0.174. The van der Waals surface area contributed by atoms with Crippen molar-refractivity contribution in [2.24, 2.45) is 0 Å². The Kier molecular flexibility index (Phi) is 6.07. The summed E-state index contributed by atoms with van der Waals surface area (Å²) >= 11 is 3.04. The zero-order chi connectivity index (χ0) is 20.9. The lowest BCUT2D eigenvalue weighted by Crippen LogP contribution is -2.31. The van der Waals surface area contributed by atoms with E-state index in [4.69, 9.17) is 10.00 Å². The van der Waals surface area contributed by atoms with Gasteiger partial charge in [-0.2, -0.15) is 5.26 Å². The van der Waals surface area contributed by atoms with Gasteiger partial charge in [-0.05, 0) is 55.5 Å². The molecule has 4 aromatic rings. The smallest absolute Gasteiger partial charge is 0.268 e. The van der Waals surface area contributed by atoms with E-state index >= 15 is 0 Å². The quantitative estimate of drug-likeness (QED) is 0.359. The van der Waals surface area contributed by atoms with E-state index in [0.717, 1.165) is 31.5 Å². The molecular formula is C23H19N3O2S2. The molecule has 0 radical (unpaired) electrons. The van der Waals surface area contributed by atoms with Gasteiger partial charge in [0.25, 0.3) is 5.91 Å². The molecule has 0 fully saturated rings. The molecule has 7 heteroatoms. The van der Waals surface area contributed by atoms with Crippen LogP contribution in [0.25, 0.3) is 20.1 Å². The molecule has 30 heavy (non-hydrogen) atoms. The molecule has 1 amide bonds. The fourth-order valence-corrected chi connectivity index (χ4v) is 5.05. The maximum atomic E-state index is 13.3. The average Bonchev–Trinajstić information content (AvgIpc) is 3.42. The van der Waals surface area contributed by atoms with Crippen LogP contribution in [-0.2, 0) is 0 Å². The van der Waals surface area contributed by atoms with Gasteiger partial charge in [0.15, 0.2) is 0 Å². The van der Waals surface area contributed by atoms with Crippen LogP contribution in [0.2, 0.25) is 0 Å². The summed E-state index contributed by atoms with van der Waals surface area (Å²) in [5.41, 5.74) is 1.71. The summed E-state index contributed by atoms with van der Waals surface area (Å²) in [5, 5.41) is 9.95. The van der Waals surface area contributed by atoms with Crippen LogP contribution in [-0.4, -0.2) is 24.0 Å². The molecule has 4 rings (SSSR count). The molecule has 2 aromatic carbocycles. The van der Waals surface area contributed by atoms with Crippen molar-refractivity contribution in [3.8, 4) is 21.7 Å². The topological polar surface area (TPSA) is 66.2 Å². The van der Waals surface area contributed by atoms with Gasteiger partial charge in [-0.3, -0.25) is 4.79 Å². The maximum absolute atomic E-state index is 13.3.